The van der Waals surface area contributed by atoms with Gasteiger partial charge in [-0.1, -0.05) is 0 Å². The summed E-state index contributed by atoms with van der Waals surface area (Å²) >= 11 is 0. The van der Waals surface area contributed by atoms with E-state index in [0.29, 0.717) is 0 Å². The third kappa shape index (κ3) is 167. The second kappa shape index (κ2) is 110. The molecule has 0 aliphatic heterocycles. The van der Waals surface area contributed by atoms with E-state index in [0.717, 1.165) is 16.0 Å². The van der Waals surface area contributed by atoms with Crippen LogP contribution in [0.5, 0.6) is 0 Å². The minimum atomic E-state index is 0. The molecular weight excluding hydrogens is 241 g/mol. The molecule has 0 heterocycles. The molecule has 0 rings (SSSR count). The number of nitrogens with zero attached hydrogens (tertiary/aromatic N) is 3. The first-order valence-corrected chi connectivity index (χ1v) is 1.10. The third-order valence-corrected chi connectivity index (χ3v) is 0. The Morgan fingerprint density at radius 3 is 0.700 bits per heavy atom. The van der Waals surface area contributed by atoms with Gasteiger partial charge in [0.25, 0.3) is 0 Å². The molecule has 0 fully saturated rings. The van der Waals surface area contributed by atoms with E-state index < -0.39 is 0 Å². The Morgan fingerprint density at radius 2 is 0.700 bits per heavy atom. The molecule has 0 aliphatic carbocycles. The van der Waals surface area contributed by atoms with E-state index >= 15 is 0 Å². The van der Waals surface area contributed by atoms with Gasteiger partial charge in [0.05, 0.1) is 0 Å². The summed E-state index contributed by atoms with van der Waals surface area (Å²) in [5, 5.41) is 27.0. The predicted molar refractivity (Wildman–Crippen MR) is 27.5 cm³/mol. The average Bonchev–Trinajstić information content (AvgIpc) is 1.70. The van der Waals surface area contributed by atoms with Crippen LogP contribution in [0.4, 0.5) is 0 Å². The van der Waals surface area contributed by atoms with Crippen molar-refractivity contribution in [2.75, 3.05) is 0 Å². The first-order valence-electron chi connectivity index (χ1n) is 1.10. The average molecular weight is 241 g/mol. The minimum absolute atomic E-state index is 0. The summed E-state index contributed by atoms with van der Waals surface area (Å²) in [5.41, 5.74) is 0. The van der Waals surface area contributed by atoms with Crippen LogP contribution in [-0.2, 0) is 19.5 Å². The summed E-state index contributed by atoms with van der Waals surface area (Å²) in [4.78, 5) is 24.0. The Bertz CT molecular complexity index is 49.7. The first-order chi connectivity index (χ1) is 4.24. The molecule has 0 N–H and O–H groups in total. The molecule has 0 aliphatic rings. The van der Waals surface area contributed by atoms with Gasteiger partial charge in [0.15, 0.2) is 0 Å². The molecule has 10 heteroatoms. The van der Waals surface area contributed by atoms with Gasteiger partial charge >= 0.3 is 19.5 Å². The predicted octanol–water partition coefficient (Wildman–Crippen LogP) is 0.749. The van der Waals surface area contributed by atoms with Gasteiger partial charge in [-0.05, 0) is 0 Å². The summed E-state index contributed by atoms with van der Waals surface area (Å²) in [5.74, 6) is 0. The molecule has 0 radical (unpaired) electrons. The van der Waals surface area contributed by atoms with Crippen LogP contribution >= 0.6 is 0 Å². The van der Waals surface area contributed by atoms with Gasteiger partial charge < -0.3 is 30.3 Å². The van der Waals surface area contributed by atoms with Crippen LogP contribution in [-0.4, -0.2) is 0 Å². The van der Waals surface area contributed by atoms with E-state index in [1.165, 1.54) is 0 Å². The Labute approximate surface area is 66.6 Å². The van der Waals surface area contributed by atoms with Crippen LogP contribution in [0, 0.1) is 30.3 Å². The summed E-state index contributed by atoms with van der Waals surface area (Å²) in [6.07, 6.45) is 0. The van der Waals surface area contributed by atoms with E-state index in [2.05, 4.69) is 0 Å². The molecule has 0 bridgehead atoms. The fraction of sp³-hybridized carbons (Fsp3) is 0. The molecule has 0 atom stereocenters. The molecular formula is N3O6Rh. The zero-order chi connectivity index (χ0) is 8.12. The van der Waals surface area contributed by atoms with Crippen LogP contribution in [0.3, 0.4) is 0 Å². The normalized spacial score (nSPS) is 3.60. The van der Waals surface area contributed by atoms with Crippen LogP contribution in [0.15, 0.2) is 16.0 Å². The van der Waals surface area contributed by atoms with E-state index in [1.807, 2.05) is 0 Å². The molecule has 60 valence electrons. The monoisotopic (exact) mass is 241 g/mol. The van der Waals surface area contributed by atoms with Gasteiger partial charge in [-0.15, -0.1) is 16.0 Å². The summed E-state index contributed by atoms with van der Waals surface area (Å²) in [7, 11) is 0. The van der Waals surface area contributed by atoms with Gasteiger partial charge in [-0.3, -0.25) is 0 Å². The van der Waals surface area contributed by atoms with Crippen molar-refractivity contribution in [3.63, 3.8) is 0 Å². The SMILES string of the molecule is O=N[O-].O=N[O-].O=N[O-].[Rh+3]. The molecule has 0 aromatic rings. The van der Waals surface area contributed by atoms with Crippen molar-refractivity contribution in [1.29, 1.82) is 0 Å². The summed E-state index contributed by atoms with van der Waals surface area (Å²) in [6, 6.07) is 0. The van der Waals surface area contributed by atoms with Gasteiger partial charge in [-0.25, -0.2) is 0 Å². The van der Waals surface area contributed by atoms with Crippen molar-refractivity contribution in [3.05, 3.63) is 30.3 Å². The maximum absolute atomic E-state index is 8.00. The van der Waals surface area contributed by atoms with Crippen molar-refractivity contribution < 1.29 is 19.5 Å². The second-order valence-electron chi connectivity index (χ2n) is 0.224. The van der Waals surface area contributed by atoms with Gasteiger partial charge in [-0.2, -0.15) is 0 Å². The molecule has 0 saturated carbocycles. The van der Waals surface area contributed by atoms with Gasteiger partial charge in [0, 0.05) is 0 Å². The van der Waals surface area contributed by atoms with Crippen LogP contribution in [0.2, 0.25) is 0 Å². The van der Waals surface area contributed by atoms with Crippen molar-refractivity contribution in [2.24, 2.45) is 16.0 Å². The molecule has 0 unspecified atom stereocenters. The number of rotatable bonds is 0. The number of hydrogen-bond acceptors (Lipinski definition) is 9. The third-order valence-electron chi connectivity index (χ3n) is 0. The Balaban J connectivity index is -0.0000000257. The summed E-state index contributed by atoms with van der Waals surface area (Å²) in [6.45, 7) is 0. The van der Waals surface area contributed by atoms with Crippen molar-refractivity contribution in [2.45, 2.75) is 0 Å². The van der Waals surface area contributed by atoms with Crippen molar-refractivity contribution in [3.8, 4) is 0 Å². The zero-order valence-corrected chi connectivity index (χ0v) is 5.76. The van der Waals surface area contributed by atoms with Crippen LogP contribution < -0.4 is 0 Å². The summed E-state index contributed by atoms with van der Waals surface area (Å²) < 4.78 is 0. The van der Waals surface area contributed by atoms with Crippen molar-refractivity contribution >= 4 is 0 Å². The molecule has 9 nitrogen and oxygen atoms in total. The van der Waals surface area contributed by atoms with Crippen molar-refractivity contribution in [1.82, 2.24) is 0 Å². The Hall–Kier alpha value is -1.18. The molecule has 0 aromatic carbocycles. The maximum Gasteiger partial charge on any atom is 3.00 e. The maximum atomic E-state index is 8.00. The molecule has 0 spiro atoms. The van der Waals surface area contributed by atoms with Gasteiger partial charge in [0.2, 0.25) is 0 Å². The topological polar surface area (TPSA) is 157 Å². The van der Waals surface area contributed by atoms with Crippen LogP contribution in [0.25, 0.3) is 0 Å². The Morgan fingerprint density at radius 1 is 0.700 bits per heavy atom. The molecule has 0 amide bonds. The fourth-order valence-corrected chi connectivity index (χ4v) is 0. The van der Waals surface area contributed by atoms with E-state index in [-0.39, 0.29) is 19.5 Å². The van der Waals surface area contributed by atoms with E-state index in [9.17, 15) is 0 Å². The largest absolute Gasteiger partial charge is 3.00 e. The fourth-order valence-electron chi connectivity index (χ4n) is 0. The Kier molecular flexibility index (Phi) is 254. The van der Waals surface area contributed by atoms with E-state index in [1.54, 1.807) is 0 Å². The zero-order valence-electron chi connectivity index (χ0n) is 4.12. The smallest absolute Gasteiger partial charge is 0.444 e. The van der Waals surface area contributed by atoms with E-state index in [4.69, 9.17) is 30.3 Å². The first kappa shape index (κ1) is 23.2. The van der Waals surface area contributed by atoms with Gasteiger partial charge in [0.1, 0.15) is 0 Å². The molecule has 0 saturated heterocycles. The molecule has 0 aromatic heterocycles. The number of hydrogen-bond donors (Lipinski definition) is 0. The molecule has 10 heavy (non-hydrogen) atoms. The standard InChI is InChI=1S/3HNO2.Rh/c3*2-1-3;/h3*(H,2,3);/q;;;+3/p-3. The quantitative estimate of drug-likeness (QED) is 0.345. The van der Waals surface area contributed by atoms with Crippen LogP contribution in [0.1, 0.15) is 0 Å². The minimum Gasteiger partial charge on any atom is -0.444 e. The second-order valence-corrected chi connectivity index (χ2v) is 0.224.